The average Bonchev–Trinajstić information content (AvgIpc) is 2.33. The van der Waals surface area contributed by atoms with Crippen LogP contribution in [0.1, 0.15) is 25.8 Å². The van der Waals surface area contributed by atoms with Crippen LogP contribution >= 0.6 is 0 Å². The molecule has 2 rings (SSSR count). The fourth-order valence-corrected chi connectivity index (χ4v) is 2.53. The molecule has 1 unspecified atom stereocenters. The molecule has 1 atom stereocenters. The lowest BCUT2D eigenvalue weighted by Crippen LogP contribution is -2.61. The second kappa shape index (κ2) is 4.88. The summed E-state index contributed by atoms with van der Waals surface area (Å²) in [6.07, 6.45) is 0.822. The zero-order valence-electron chi connectivity index (χ0n) is 10.5. The van der Waals surface area contributed by atoms with Crippen LogP contribution in [0.4, 0.5) is 0 Å². The maximum atomic E-state index is 12.3. The molecule has 0 aromatic heterocycles. The van der Waals surface area contributed by atoms with Gasteiger partial charge in [0.05, 0.1) is 0 Å². The molecule has 1 fully saturated rings. The van der Waals surface area contributed by atoms with E-state index in [4.69, 9.17) is 0 Å². The van der Waals surface area contributed by atoms with E-state index in [2.05, 4.69) is 24.5 Å². The number of carbonyl (C=O) groups is 1. The standard InChI is InChI=1S/C14H20N2O/c1-11(2)10-14(12-6-4-3-5-7-12)13(17)15-8-9-16-14/h3-7,11,16H,8-10H2,1-2H3,(H,15,17). The molecule has 1 saturated heterocycles. The van der Waals surface area contributed by atoms with Gasteiger partial charge in [-0.1, -0.05) is 44.2 Å². The molecule has 1 heterocycles. The summed E-state index contributed by atoms with van der Waals surface area (Å²) in [5.41, 5.74) is 0.513. The topological polar surface area (TPSA) is 41.1 Å². The number of nitrogens with one attached hydrogen (secondary N) is 2. The van der Waals surface area contributed by atoms with Gasteiger partial charge in [-0.15, -0.1) is 0 Å². The number of benzene rings is 1. The highest BCUT2D eigenvalue weighted by molar-refractivity contribution is 5.88. The van der Waals surface area contributed by atoms with Gasteiger partial charge in [-0.05, 0) is 17.9 Å². The van der Waals surface area contributed by atoms with E-state index in [0.29, 0.717) is 12.5 Å². The summed E-state index contributed by atoms with van der Waals surface area (Å²) in [5, 5.41) is 6.39. The van der Waals surface area contributed by atoms with E-state index in [0.717, 1.165) is 18.5 Å². The van der Waals surface area contributed by atoms with Crippen LogP contribution in [0.2, 0.25) is 0 Å². The molecule has 92 valence electrons. The maximum absolute atomic E-state index is 12.3. The summed E-state index contributed by atoms with van der Waals surface area (Å²) in [4.78, 5) is 12.3. The highest BCUT2D eigenvalue weighted by Crippen LogP contribution is 2.30. The Morgan fingerprint density at radius 2 is 1.94 bits per heavy atom. The predicted octanol–water partition coefficient (Wildman–Crippen LogP) is 1.65. The van der Waals surface area contributed by atoms with Crippen molar-refractivity contribution >= 4 is 5.91 Å². The molecular weight excluding hydrogens is 212 g/mol. The molecule has 2 N–H and O–H groups in total. The van der Waals surface area contributed by atoms with Gasteiger partial charge in [-0.2, -0.15) is 0 Å². The number of rotatable bonds is 3. The number of carbonyl (C=O) groups excluding carboxylic acids is 1. The molecule has 0 radical (unpaired) electrons. The lowest BCUT2D eigenvalue weighted by Gasteiger charge is -2.39. The molecule has 17 heavy (non-hydrogen) atoms. The lowest BCUT2D eigenvalue weighted by atomic mass is 9.80. The van der Waals surface area contributed by atoms with Crippen LogP contribution in [0.15, 0.2) is 30.3 Å². The zero-order chi connectivity index (χ0) is 12.3. The van der Waals surface area contributed by atoms with E-state index in [1.165, 1.54) is 0 Å². The summed E-state index contributed by atoms with van der Waals surface area (Å²) in [7, 11) is 0. The minimum Gasteiger partial charge on any atom is -0.353 e. The Morgan fingerprint density at radius 3 is 2.53 bits per heavy atom. The second-order valence-corrected chi connectivity index (χ2v) is 5.05. The summed E-state index contributed by atoms with van der Waals surface area (Å²) in [6.45, 7) is 5.83. The molecule has 0 bridgehead atoms. The summed E-state index contributed by atoms with van der Waals surface area (Å²) in [5.74, 6) is 0.565. The highest BCUT2D eigenvalue weighted by atomic mass is 16.2. The Hall–Kier alpha value is -1.35. The van der Waals surface area contributed by atoms with Crippen molar-refractivity contribution in [1.82, 2.24) is 10.6 Å². The van der Waals surface area contributed by atoms with Gasteiger partial charge in [0.15, 0.2) is 0 Å². The Morgan fingerprint density at radius 1 is 1.24 bits per heavy atom. The van der Waals surface area contributed by atoms with Crippen molar-refractivity contribution in [2.75, 3.05) is 13.1 Å². The van der Waals surface area contributed by atoms with Crippen LogP contribution in [0.5, 0.6) is 0 Å². The third kappa shape index (κ3) is 2.34. The van der Waals surface area contributed by atoms with E-state index < -0.39 is 5.54 Å². The molecule has 0 saturated carbocycles. The molecular formula is C14H20N2O. The van der Waals surface area contributed by atoms with Crippen molar-refractivity contribution in [3.05, 3.63) is 35.9 Å². The van der Waals surface area contributed by atoms with Gasteiger partial charge >= 0.3 is 0 Å². The fraction of sp³-hybridized carbons (Fsp3) is 0.500. The van der Waals surface area contributed by atoms with E-state index in [1.54, 1.807) is 0 Å². The van der Waals surface area contributed by atoms with Crippen molar-refractivity contribution in [3.8, 4) is 0 Å². The highest BCUT2D eigenvalue weighted by Gasteiger charge is 2.41. The number of hydrogen-bond donors (Lipinski definition) is 2. The average molecular weight is 232 g/mol. The third-order valence-electron chi connectivity index (χ3n) is 3.21. The molecule has 1 aliphatic rings. The van der Waals surface area contributed by atoms with Crippen LogP contribution in [0.25, 0.3) is 0 Å². The van der Waals surface area contributed by atoms with Gasteiger partial charge in [0.2, 0.25) is 5.91 Å². The Kier molecular flexibility index (Phi) is 3.48. The maximum Gasteiger partial charge on any atom is 0.244 e. The summed E-state index contributed by atoms with van der Waals surface area (Å²) < 4.78 is 0. The normalized spacial score (nSPS) is 24.8. The first-order chi connectivity index (χ1) is 8.15. The first kappa shape index (κ1) is 12.1. The first-order valence-electron chi connectivity index (χ1n) is 6.24. The molecule has 3 heteroatoms. The van der Waals surface area contributed by atoms with E-state index in [-0.39, 0.29) is 5.91 Å². The van der Waals surface area contributed by atoms with Gasteiger partial charge in [0, 0.05) is 13.1 Å². The monoisotopic (exact) mass is 232 g/mol. The largest absolute Gasteiger partial charge is 0.353 e. The van der Waals surface area contributed by atoms with Crippen LogP contribution < -0.4 is 10.6 Å². The minimum absolute atomic E-state index is 0.101. The van der Waals surface area contributed by atoms with Crippen molar-refractivity contribution < 1.29 is 4.79 Å². The summed E-state index contributed by atoms with van der Waals surface area (Å²) >= 11 is 0. The van der Waals surface area contributed by atoms with Crippen molar-refractivity contribution in [2.45, 2.75) is 25.8 Å². The van der Waals surface area contributed by atoms with E-state index >= 15 is 0 Å². The van der Waals surface area contributed by atoms with Gasteiger partial charge in [-0.25, -0.2) is 0 Å². The Labute approximate surface area is 103 Å². The van der Waals surface area contributed by atoms with Gasteiger partial charge in [-0.3, -0.25) is 10.1 Å². The summed E-state index contributed by atoms with van der Waals surface area (Å²) in [6, 6.07) is 10.0. The molecule has 1 amide bonds. The molecule has 0 spiro atoms. The Bertz CT molecular complexity index is 388. The van der Waals surface area contributed by atoms with E-state index in [9.17, 15) is 4.79 Å². The molecule has 1 aliphatic heterocycles. The quantitative estimate of drug-likeness (QED) is 0.832. The molecule has 3 nitrogen and oxygen atoms in total. The number of amides is 1. The van der Waals surface area contributed by atoms with Gasteiger partial charge in [0.1, 0.15) is 5.54 Å². The molecule has 0 aliphatic carbocycles. The lowest BCUT2D eigenvalue weighted by molar-refractivity contribution is -0.130. The van der Waals surface area contributed by atoms with Crippen molar-refractivity contribution in [3.63, 3.8) is 0 Å². The van der Waals surface area contributed by atoms with Crippen molar-refractivity contribution in [1.29, 1.82) is 0 Å². The fourth-order valence-electron chi connectivity index (χ4n) is 2.53. The SMILES string of the molecule is CC(C)CC1(c2ccccc2)NCCNC1=O. The van der Waals surface area contributed by atoms with Crippen LogP contribution in [0.3, 0.4) is 0 Å². The van der Waals surface area contributed by atoms with Gasteiger partial charge < -0.3 is 5.32 Å². The minimum atomic E-state index is -0.548. The molecule has 1 aromatic carbocycles. The molecule has 1 aromatic rings. The second-order valence-electron chi connectivity index (χ2n) is 5.05. The number of hydrogen-bond acceptors (Lipinski definition) is 2. The van der Waals surface area contributed by atoms with Crippen LogP contribution in [-0.4, -0.2) is 19.0 Å². The first-order valence-corrected chi connectivity index (χ1v) is 6.24. The van der Waals surface area contributed by atoms with Gasteiger partial charge in [0.25, 0.3) is 0 Å². The smallest absolute Gasteiger partial charge is 0.244 e. The number of piperazine rings is 1. The third-order valence-corrected chi connectivity index (χ3v) is 3.21. The zero-order valence-corrected chi connectivity index (χ0v) is 10.5. The van der Waals surface area contributed by atoms with Crippen molar-refractivity contribution in [2.24, 2.45) is 5.92 Å². The van der Waals surface area contributed by atoms with E-state index in [1.807, 2.05) is 30.3 Å². The van der Waals surface area contributed by atoms with Crippen LogP contribution in [-0.2, 0) is 10.3 Å². The predicted molar refractivity (Wildman–Crippen MR) is 68.6 cm³/mol. The van der Waals surface area contributed by atoms with Crippen LogP contribution in [0, 0.1) is 5.92 Å². The Balaban J connectivity index is 2.39.